The highest BCUT2D eigenvalue weighted by molar-refractivity contribution is 7.20. The average molecular weight is 399 g/mol. The Hall–Kier alpha value is -2.81. The molecule has 0 saturated carbocycles. The van der Waals surface area contributed by atoms with Crippen LogP contribution < -0.4 is 0 Å². The molecule has 0 bridgehead atoms. The van der Waals surface area contributed by atoms with Gasteiger partial charge in [-0.2, -0.15) is 0 Å². The summed E-state index contributed by atoms with van der Waals surface area (Å²) in [5, 5.41) is 9.08. The molecule has 2 amide bonds. The first kappa shape index (κ1) is 17.3. The van der Waals surface area contributed by atoms with Gasteiger partial charge >= 0.3 is 0 Å². The van der Waals surface area contributed by atoms with Crippen LogP contribution in [0.2, 0.25) is 0 Å². The van der Waals surface area contributed by atoms with E-state index in [4.69, 9.17) is 0 Å². The fraction of sp³-hybridized carbons (Fsp3) is 0.368. The maximum absolute atomic E-state index is 13.3. The van der Waals surface area contributed by atoms with E-state index in [2.05, 4.69) is 10.3 Å². The lowest BCUT2D eigenvalue weighted by molar-refractivity contribution is -0.128. The van der Waals surface area contributed by atoms with Crippen molar-refractivity contribution in [1.82, 2.24) is 24.8 Å². The summed E-state index contributed by atoms with van der Waals surface area (Å²) in [6.07, 6.45) is 3.37. The lowest BCUT2D eigenvalue weighted by Crippen LogP contribution is -2.50. The first-order valence-corrected chi connectivity index (χ1v) is 10.1. The van der Waals surface area contributed by atoms with Crippen LogP contribution >= 0.6 is 11.3 Å². The standard InChI is InChI=1S/C19H18FN5O2S/c20-13-3-4-16-12(6-13)7-17(28-16)19(27)24-10-15(11-24)25-9-14(21-22-25)8-23-5-1-2-18(23)26/h3-4,6-7,9,15H,1-2,5,8,10-11H2. The molecule has 0 unspecified atom stereocenters. The second-order valence-electron chi connectivity index (χ2n) is 7.27. The van der Waals surface area contributed by atoms with Crippen LogP contribution in [0, 0.1) is 5.82 Å². The zero-order chi connectivity index (χ0) is 19.3. The number of aromatic nitrogens is 3. The molecule has 2 aliphatic rings. The fourth-order valence-corrected chi connectivity index (χ4v) is 4.71. The summed E-state index contributed by atoms with van der Waals surface area (Å²) >= 11 is 1.38. The van der Waals surface area contributed by atoms with E-state index in [-0.39, 0.29) is 23.7 Å². The van der Waals surface area contributed by atoms with Gasteiger partial charge in [-0.25, -0.2) is 9.07 Å². The Balaban J connectivity index is 1.22. The molecule has 5 rings (SSSR count). The molecule has 0 aliphatic carbocycles. The number of hydrogen-bond acceptors (Lipinski definition) is 5. The minimum Gasteiger partial charge on any atom is -0.337 e. The Bertz CT molecular complexity index is 1070. The highest BCUT2D eigenvalue weighted by Crippen LogP contribution is 2.30. The van der Waals surface area contributed by atoms with Crippen molar-refractivity contribution in [2.45, 2.75) is 25.4 Å². The van der Waals surface area contributed by atoms with Crippen LogP contribution in [0.5, 0.6) is 0 Å². The van der Waals surface area contributed by atoms with Crippen LogP contribution in [0.4, 0.5) is 4.39 Å². The highest BCUT2D eigenvalue weighted by Gasteiger charge is 2.34. The minimum atomic E-state index is -0.300. The number of halogens is 1. The van der Waals surface area contributed by atoms with Crippen LogP contribution in [0.3, 0.4) is 0 Å². The van der Waals surface area contributed by atoms with Gasteiger partial charge in [-0.15, -0.1) is 16.4 Å². The van der Waals surface area contributed by atoms with Crippen molar-refractivity contribution in [3.8, 4) is 0 Å². The van der Waals surface area contributed by atoms with Crippen molar-refractivity contribution in [3.63, 3.8) is 0 Å². The smallest absolute Gasteiger partial charge is 0.264 e. The minimum absolute atomic E-state index is 0.0409. The third-order valence-electron chi connectivity index (χ3n) is 5.29. The van der Waals surface area contributed by atoms with Crippen LogP contribution in [0.25, 0.3) is 10.1 Å². The molecule has 7 nitrogen and oxygen atoms in total. The van der Waals surface area contributed by atoms with E-state index in [1.807, 2.05) is 6.20 Å². The number of rotatable bonds is 4. The molecule has 144 valence electrons. The molecular weight excluding hydrogens is 381 g/mol. The fourth-order valence-electron chi connectivity index (χ4n) is 3.69. The number of nitrogens with zero attached hydrogens (tertiary/aromatic N) is 5. The highest BCUT2D eigenvalue weighted by atomic mass is 32.1. The first-order chi connectivity index (χ1) is 13.6. The zero-order valence-corrected chi connectivity index (χ0v) is 15.9. The van der Waals surface area contributed by atoms with Crippen LogP contribution in [-0.4, -0.2) is 56.2 Å². The monoisotopic (exact) mass is 399 g/mol. The van der Waals surface area contributed by atoms with Gasteiger partial charge in [0, 0.05) is 30.8 Å². The number of carbonyl (C=O) groups excluding carboxylic acids is 2. The van der Waals surface area contributed by atoms with E-state index < -0.39 is 0 Å². The molecule has 3 aromatic rings. The lowest BCUT2D eigenvalue weighted by atomic mass is 10.1. The number of fused-ring (bicyclic) bond motifs is 1. The van der Waals surface area contributed by atoms with E-state index in [0.29, 0.717) is 30.9 Å². The van der Waals surface area contributed by atoms with E-state index in [1.165, 1.54) is 23.5 Å². The topological polar surface area (TPSA) is 71.3 Å². The Labute approximate surface area is 164 Å². The number of likely N-dealkylation sites (tertiary alicyclic amines) is 2. The Kier molecular flexibility index (Phi) is 4.12. The number of hydrogen-bond donors (Lipinski definition) is 0. The zero-order valence-electron chi connectivity index (χ0n) is 15.0. The maximum atomic E-state index is 13.3. The van der Waals surface area contributed by atoms with Gasteiger partial charge in [0.1, 0.15) is 11.5 Å². The number of amides is 2. The van der Waals surface area contributed by atoms with Gasteiger partial charge in [-0.05, 0) is 36.1 Å². The van der Waals surface area contributed by atoms with Gasteiger partial charge in [-0.3, -0.25) is 9.59 Å². The summed E-state index contributed by atoms with van der Waals surface area (Å²) in [5.41, 5.74) is 0.770. The number of carbonyl (C=O) groups is 2. The second-order valence-corrected chi connectivity index (χ2v) is 8.35. The number of thiophene rings is 1. The number of benzene rings is 1. The van der Waals surface area contributed by atoms with E-state index in [9.17, 15) is 14.0 Å². The molecule has 0 radical (unpaired) electrons. The van der Waals surface area contributed by atoms with Gasteiger partial charge in [0.2, 0.25) is 5.91 Å². The van der Waals surface area contributed by atoms with Crippen molar-refractivity contribution in [3.05, 3.63) is 46.9 Å². The second kappa shape index (κ2) is 6.66. The summed E-state index contributed by atoms with van der Waals surface area (Å²) in [5.74, 6) is -0.176. The lowest BCUT2D eigenvalue weighted by Gasteiger charge is -2.38. The third kappa shape index (κ3) is 3.05. The van der Waals surface area contributed by atoms with Crippen molar-refractivity contribution >= 4 is 33.2 Å². The largest absolute Gasteiger partial charge is 0.337 e. The molecule has 2 aliphatic heterocycles. The first-order valence-electron chi connectivity index (χ1n) is 9.24. The summed E-state index contributed by atoms with van der Waals surface area (Å²) in [4.78, 5) is 28.6. The van der Waals surface area contributed by atoms with Gasteiger partial charge < -0.3 is 9.80 Å². The molecule has 28 heavy (non-hydrogen) atoms. The predicted molar refractivity (Wildman–Crippen MR) is 101 cm³/mol. The van der Waals surface area contributed by atoms with Gasteiger partial charge in [0.05, 0.1) is 23.7 Å². The summed E-state index contributed by atoms with van der Waals surface area (Å²) in [7, 11) is 0. The molecular formula is C19H18FN5O2S. The van der Waals surface area contributed by atoms with Crippen LogP contribution in [0.15, 0.2) is 30.5 Å². The van der Waals surface area contributed by atoms with Crippen LogP contribution in [0.1, 0.15) is 34.2 Å². The van der Waals surface area contributed by atoms with E-state index >= 15 is 0 Å². The van der Waals surface area contributed by atoms with Gasteiger partial charge in [0.25, 0.3) is 5.91 Å². The molecule has 0 atom stereocenters. The molecule has 2 aromatic heterocycles. The molecule has 0 N–H and O–H groups in total. The molecule has 2 saturated heterocycles. The van der Waals surface area contributed by atoms with Crippen molar-refractivity contribution in [2.24, 2.45) is 0 Å². The normalized spacial score (nSPS) is 17.5. The quantitative estimate of drug-likeness (QED) is 0.676. The third-order valence-corrected chi connectivity index (χ3v) is 6.40. The Morgan fingerprint density at radius 3 is 2.93 bits per heavy atom. The predicted octanol–water partition coefficient (Wildman–Crippen LogP) is 2.45. The maximum Gasteiger partial charge on any atom is 0.264 e. The SMILES string of the molecule is O=C1CCCN1Cc1cn(C2CN(C(=O)c3cc4cc(F)ccc4s3)C2)nn1. The van der Waals surface area contributed by atoms with E-state index in [1.54, 1.807) is 26.6 Å². The summed E-state index contributed by atoms with van der Waals surface area (Å²) in [6.45, 7) is 2.39. The molecule has 0 spiro atoms. The van der Waals surface area contributed by atoms with Gasteiger partial charge in [0.15, 0.2) is 0 Å². The molecule has 9 heteroatoms. The van der Waals surface area contributed by atoms with Crippen LogP contribution in [-0.2, 0) is 11.3 Å². The van der Waals surface area contributed by atoms with Crippen molar-refractivity contribution in [2.75, 3.05) is 19.6 Å². The molecule has 4 heterocycles. The molecule has 2 fully saturated rings. The van der Waals surface area contributed by atoms with Gasteiger partial charge in [-0.1, -0.05) is 5.21 Å². The summed E-state index contributed by atoms with van der Waals surface area (Å²) in [6, 6.07) is 6.40. The van der Waals surface area contributed by atoms with E-state index in [0.717, 1.165) is 28.7 Å². The Morgan fingerprint density at radius 2 is 2.14 bits per heavy atom. The molecule has 1 aromatic carbocycles. The van der Waals surface area contributed by atoms with Crippen molar-refractivity contribution in [1.29, 1.82) is 0 Å². The Morgan fingerprint density at radius 1 is 1.29 bits per heavy atom. The summed E-state index contributed by atoms with van der Waals surface area (Å²) < 4.78 is 16.0. The van der Waals surface area contributed by atoms with Crippen molar-refractivity contribution < 1.29 is 14.0 Å². The average Bonchev–Trinajstić information content (AvgIpc) is 3.34.